The molecule has 1 aromatic rings. The lowest BCUT2D eigenvalue weighted by atomic mass is 10.0. The zero-order valence-electron chi connectivity index (χ0n) is 16.6. The number of carbonyl (C=O) groups is 1. The van der Waals surface area contributed by atoms with Crippen molar-refractivity contribution in [1.29, 1.82) is 0 Å². The lowest BCUT2D eigenvalue weighted by molar-refractivity contribution is 0.0288. The molecule has 2 rings (SSSR count). The number of allylic oxidation sites excluding steroid dienone is 2. The van der Waals surface area contributed by atoms with Crippen LogP contribution in [0.15, 0.2) is 42.5 Å². The van der Waals surface area contributed by atoms with Gasteiger partial charge in [0.1, 0.15) is 5.60 Å². The Morgan fingerprint density at radius 2 is 1.92 bits per heavy atom. The first kappa shape index (κ1) is 19.8. The minimum atomic E-state index is -1.67. The van der Waals surface area contributed by atoms with Gasteiger partial charge in [-0.15, -0.1) is 0 Å². The highest BCUT2D eigenvalue weighted by Crippen LogP contribution is 2.37. The highest BCUT2D eigenvalue weighted by molar-refractivity contribution is 6.91. The average Bonchev–Trinajstić information content (AvgIpc) is 3.01. The van der Waals surface area contributed by atoms with Crippen molar-refractivity contribution >= 4 is 19.4 Å². The van der Waals surface area contributed by atoms with Gasteiger partial charge in [0, 0.05) is 13.1 Å². The molecule has 138 valence electrons. The maximum Gasteiger partial charge on any atom is 0.410 e. The van der Waals surface area contributed by atoms with Gasteiger partial charge in [0.25, 0.3) is 0 Å². The fraction of sp³-hybridized carbons (Fsp3) is 0.571. The summed E-state index contributed by atoms with van der Waals surface area (Å²) >= 11 is 0. The zero-order chi connectivity index (χ0) is 18.7. The van der Waals surface area contributed by atoms with Crippen molar-refractivity contribution in [3.63, 3.8) is 0 Å². The van der Waals surface area contributed by atoms with Gasteiger partial charge in [-0.05, 0) is 45.6 Å². The van der Waals surface area contributed by atoms with Crippen molar-refractivity contribution in [2.45, 2.75) is 58.4 Å². The van der Waals surface area contributed by atoms with Crippen LogP contribution in [0, 0.1) is 5.92 Å². The first-order valence-corrected chi connectivity index (χ1v) is 12.4. The Morgan fingerprint density at radius 3 is 2.48 bits per heavy atom. The molecule has 0 N–H and O–H groups in total. The molecule has 1 saturated heterocycles. The smallest absolute Gasteiger partial charge is 0.410 e. The average molecular weight is 360 g/mol. The van der Waals surface area contributed by atoms with Crippen LogP contribution < -0.4 is 5.19 Å². The molecule has 2 atom stereocenters. The van der Waals surface area contributed by atoms with E-state index in [1.807, 2.05) is 25.7 Å². The van der Waals surface area contributed by atoms with Crippen molar-refractivity contribution in [2.75, 3.05) is 13.1 Å². The van der Waals surface area contributed by atoms with Crippen molar-refractivity contribution in [3.8, 4) is 0 Å². The molecule has 1 fully saturated rings. The van der Waals surface area contributed by atoms with Crippen molar-refractivity contribution in [3.05, 3.63) is 42.5 Å². The summed E-state index contributed by atoms with van der Waals surface area (Å²) in [5, 5.41) is 1.48. The van der Waals surface area contributed by atoms with Gasteiger partial charge in [-0.1, -0.05) is 60.8 Å². The largest absolute Gasteiger partial charge is 0.444 e. The Hall–Kier alpha value is -1.55. The van der Waals surface area contributed by atoms with E-state index in [1.54, 1.807) is 0 Å². The van der Waals surface area contributed by atoms with Crippen LogP contribution >= 0.6 is 0 Å². The van der Waals surface area contributed by atoms with Gasteiger partial charge in [-0.3, -0.25) is 0 Å². The second-order valence-electron chi connectivity index (χ2n) is 8.61. The van der Waals surface area contributed by atoms with E-state index in [9.17, 15) is 4.79 Å². The number of carbonyl (C=O) groups excluding carboxylic acids is 1. The van der Waals surface area contributed by atoms with Crippen LogP contribution in [0.5, 0.6) is 0 Å². The Labute approximate surface area is 154 Å². The van der Waals surface area contributed by atoms with Gasteiger partial charge in [-0.25, -0.2) is 4.79 Å². The molecule has 1 aliphatic rings. The molecule has 0 bridgehead atoms. The predicted molar refractivity (Wildman–Crippen MR) is 108 cm³/mol. The molecule has 1 amide bonds. The summed E-state index contributed by atoms with van der Waals surface area (Å²) in [5.74, 6) is 0.505. The van der Waals surface area contributed by atoms with Crippen LogP contribution in [-0.4, -0.2) is 37.8 Å². The normalized spacial score (nSPS) is 20.1. The molecule has 1 heterocycles. The van der Waals surface area contributed by atoms with Crippen molar-refractivity contribution < 1.29 is 9.53 Å². The first-order chi connectivity index (χ1) is 11.6. The van der Waals surface area contributed by atoms with Crippen molar-refractivity contribution in [1.82, 2.24) is 4.90 Å². The topological polar surface area (TPSA) is 29.5 Å². The third-order valence-corrected chi connectivity index (χ3v) is 9.29. The van der Waals surface area contributed by atoms with Crippen molar-refractivity contribution in [2.24, 2.45) is 5.92 Å². The van der Waals surface area contributed by atoms with Gasteiger partial charge in [0.2, 0.25) is 0 Å². The highest BCUT2D eigenvalue weighted by atomic mass is 28.3. The summed E-state index contributed by atoms with van der Waals surface area (Å²) in [7, 11) is -1.67. The fourth-order valence-electron chi connectivity index (χ4n) is 3.83. The van der Waals surface area contributed by atoms with E-state index in [1.165, 1.54) is 5.19 Å². The van der Waals surface area contributed by atoms with Crippen LogP contribution in [0.4, 0.5) is 4.79 Å². The number of rotatable bonds is 4. The Bertz CT molecular complexity index is 604. The summed E-state index contributed by atoms with van der Waals surface area (Å²) in [6.07, 6.45) is 5.44. The monoisotopic (exact) mass is 359 g/mol. The molecule has 0 radical (unpaired) electrons. The highest BCUT2D eigenvalue weighted by Gasteiger charge is 2.41. The molecule has 1 unspecified atom stereocenters. The van der Waals surface area contributed by atoms with Gasteiger partial charge >= 0.3 is 6.09 Å². The van der Waals surface area contributed by atoms with E-state index in [4.69, 9.17) is 4.74 Å². The van der Waals surface area contributed by atoms with E-state index in [0.29, 0.717) is 11.5 Å². The quantitative estimate of drug-likeness (QED) is 0.570. The van der Waals surface area contributed by atoms with Crippen LogP contribution in [-0.2, 0) is 4.74 Å². The number of hydrogen-bond donors (Lipinski definition) is 0. The summed E-state index contributed by atoms with van der Waals surface area (Å²) < 4.78 is 5.56. The SMILES string of the molecule is C/C=C/[C@@H](C1CCN(C(=O)OC(C)(C)C)C1)[Si](C)(C)c1ccccc1. The van der Waals surface area contributed by atoms with E-state index < -0.39 is 13.7 Å². The number of amides is 1. The van der Waals surface area contributed by atoms with E-state index in [2.05, 4.69) is 62.5 Å². The summed E-state index contributed by atoms with van der Waals surface area (Å²) in [5.41, 5.74) is 0.0861. The Morgan fingerprint density at radius 1 is 1.28 bits per heavy atom. The maximum absolute atomic E-state index is 12.4. The van der Waals surface area contributed by atoms with Gasteiger partial charge < -0.3 is 9.64 Å². The third-order valence-electron chi connectivity index (χ3n) is 5.14. The van der Waals surface area contributed by atoms with E-state index in [0.717, 1.165) is 19.5 Å². The van der Waals surface area contributed by atoms with Gasteiger partial charge in [0.05, 0.1) is 8.07 Å². The minimum absolute atomic E-state index is 0.173. The number of ether oxygens (including phenoxy) is 1. The second kappa shape index (κ2) is 7.77. The molecule has 0 saturated carbocycles. The fourth-order valence-corrected chi connectivity index (χ4v) is 7.39. The van der Waals surface area contributed by atoms with Crippen LogP contribution in [0.3, 0.4) is 0 Å². The summed E-state index contributed by atoms with van der Waals surface area (Å²) in [6.45, 7) is 14.4. The van der Waals surface area contributed by atoms with Crippen LogP contribution in [0.2, 0.25) is 18.6 Å². The molecule has 25 heavy (non-hydrogen) atoms. The van der Waals surface area contributed by atoms with Gasteiger partial charge in [-0.2, -0.15) is 0 Å². The van der Waals surface area contributed by atoms with E-state index in [-0.39, 0.29) is 6.09 Å². The molecule has 1 aromatic carbocycles. The van der Waals surface area contributed by atoms with Gasteiger partial charge in [0.15, 0.2) is 0 Å². The predicted octanol–water partition coefficient (Wildman–Crippen LogP) is 4.81. The molecular weight excluding hydrogens is 326 g/mol. The number of benzene rings is 1. The Balaban J connectivity index is 2.15. The molecule has 0 aromatic heterocycles. The molecule has 1 aliphatic heterocycles. The standard InChI is InChI=1S/C21H33NO2Si/c1-7-11-19(25(5,6)18-12-9-8-10-13-18)17-14-15-22(16-17)20(23)24-21(2,3)4/h7-13,17,19H,14-16H2,1-6H3/b11-7+/t17?,19-/m0/s1. The lowest BCUT2D eigenvalue weighted by Crippen LogP contribution is -2.48. The van der Waals surface area contributed by atoms with Crippen LogP contribution in [0.25, 0.3) is 0 Å². The van der Waals surface area contributed by atoms with Crippen LogP contribution in [0.1, 0.15) is 34.1 Å². The number of hydrogen-bond acceptors (Lipinski definition) is 2. The summed E-state index contributed by atoms with van der Waals surface area (Å²) in [4.78, 5) is 14.3. The summed E-state index contributed by atoms with van der Waals surface area (Å²) in [6, 6.07) is 10.9. The zero-order valence-corrected chi connectivity index (χ0v) is 17.6. The maximum atomic E-state index is 12.4. The first-order valence-electron chi connectivity index (χ1n) is 9.31. The lowest BCUT2D eigenvalue weighted by Gasteiger charge is -2.35. The molecular formula is C21H33NO2Si. The number of likely N-dealkylation sites (tertiary alicyclic amines) is 1. The molecule has 0 aliphatic carbocycles. The second-order valence-corrected chi connectivity index (χ2v) is 13.3. The molecule has 4 heteroatoms. The molecule has 0 spiro atoms. The third kappa shape index (κ3) is 4.97. The minimum Gasteiger partial charge on any atom is -0.444 e. The molecule has 3 nitrogen and oxygen atoms in total. The number of nitrogens with zero attached hydrogens (tertiary/aromatic N) is 1. The Kier molecular flexibility index (Phi) is 6.15. The van der Waals surface area contributed by atoms with E-state index >= 15 is 0 Å².